The molecule has 0 radical (unpaired) electrons. The number of hydrogen-bond acceptors (Lipinski definition) is 6. The Morgan fingerprint density at radius 3 is 2.75 bits per heavy atom. The molecule has 0 aliphatic rings. The minimum absolute atomic E-state index is 0.0780. The van der Waals surface area contributed by atoms with E-state index in [4.69, 9.17) is 4.74 Å². The molecule has 0 atom stereocenters. The molecule has 6 nitrogen and oxygen atoms in total. The molecule has 0 aliphatic heterocycles. The average Bonchev–Trinajstić information content (AvgIpc) is 2.45. The molecular weight excluding hydrogens is 258 g/mol. The molecule has 20 heavy (non-hydrogen) atoms. The van der Waals surface area contributed by atoms with E-state index in [1.807, 2.05) is 6.92 Å². The molecule has 0 saturated carbocycles. The number of esters is 1. The fourth-order valence-electron chi connectivity index (χ4n) is 1.58. The maximum atomic E-state index is 11.4. The minimum atomic E-state index is -0.528. The van der Waals surface area contributed by atoms with Gasteiger partial charge in [-0.15, -0.1) is 0 Å². The smallest absolute Gasteiger partial charge is 0.376 e. The van der Waals surface area contributed by atoms with E-state index in [2.05, 4.69) is 26.9 Å². The van der Waals surface area contributed by atoms with Crippen molar-refractivity contribution < 1.29 is 14.3 Å². The highest BCUT2D eigenvalue weighted by atomic mass is 16.5. The van der Waals surface area contributed by atoms with E-state index in [1.54, 1.807) is 6.07 Å². The molecule has 1 aromatic heterocycles. The van der Waals surface area contributed by atoms with Gasteiger partial charge >= 0.3 is 5.97 Å². The number of anilines is 1. The maximum Gasteiger partial charge on any atom is 0.376 e. The van der Waals surface area contributed by atoms with Crippen LogP contribution in [-0.2, 0) is 9.47 Å². The second-order valence-corrected chi connectivity index (χ2v) is 4.46. The van der Waals surface area contributed by atoms with E-state index in [9.17, 15) is 4.79 Å². The highest BCUT2D eigenvalue weighted by molar-refractivity contribution is 5.85. The SMILES string of the molecule is CCCCOCCCNc1cc(C)nc(C(=O)OC)n1. The summed E-state index contributed by atoms with van der Waals surface area (Å²) in [5.74, 6) is 0.181. The molecule has 1 N–H and O–H groups in total. The molecule has 0 unspecified atom stereocenters. The number of hydrogen-bond donors (Lipinski definition) is 1. The van der Waals surface area contributed by atoms with Gasteiger partial charge in [-0.3, -0.25) is 0 Å². The summed E-state index contributed by atoms with van der Waals surface area (Å²) < 4.78 is 10.1. The number of carbonyl (C=O) groups is 1. The van der Waals surface area contributed by atoms with Crippen LogP contribution in [0.1, 0.15) is 42.5 Å². The quantitative estimate of drug-likeness (QED) is 0.552. The third kappa shape index (κ3) is 5.97. The van der Waals surface area contributed by atoms with Crippen molar-refractivity contribution in [1.29, 1.82) is 0 Å². The van der Waals surface area contributed by atoms with Crippen LogP contribution in [0, 0.1) is 6.92 Å². The highest BCUT2D eigenvalue weighted by Crippen LogP contribution is 2.07. The van der Waals surface area contributed by atoms with Gasteiger partial charge in [-0.05, 0) is 19.8 Å². The van der Waals surface area contributed by atoms with Gasteiger partial charge in [-0.25, -0.2) is 14.8 Å². The number of aromatic nitrogens is 2. The Morgan fingerprint density at radius 1 is 1.30 bits per heavy atom. The van der Waals surface area contributed by atoms with Crippen LogP contribution in [0.3, 0.4) is 0 Å². The van der Waals surface area contributed by atoms with E-state index in [1.165, 1.54) is 7.11 Å². The Morgan fingerprint density at radius 2 is 2.05 bits per heavy atom. The van der Waals surface area contributed by atoms with Crippen molar-refractivity contribution in [2.24, 2.45) is 0 Å². The summed E-state index contributed by atoms with van der Waals surface area (Å²) in [5, 5.41) is 3.16. The van der Waals surface area contributed by atoms with Crippen molar-refractivity contribution in [3.8, 4) is 0 Å². The number of nitrogens with one attached hydrogen (secondary N) is 1. The van der Waals surface area contributed by atoms with Crippen LogP contribution < -0.4 is 5.32 Å². The number of ether oxygens (including phenoxy) is 2. The van der Waals surface area contributed by atoms with E-state index in [0.717, 1.165) is 44.7 Å². The van der Waals surface area contributed by atoms with Crippen molar-refractivity contribution in [3.63, 3.8) is 0 Å². The Labute approximate surface area is 119 Å². The number of carbonyl (C=O) groups excluding carboxylic acids is 1. The van der Waals surface area contributed by atoms with Crippen molar-refractivity contribution in [1.82, 2.24) is 9.97 Å². The number of aryl methyl sites for hydroxylation is 1. The Bertz CT molecular complexity index is 424. The second-order valence-electron chi connectivity index (χ2n) is 4.46. The molecule has 1 heterocycles. The lowest BCUT2D eigenvalue weighted by atomic mass is 10.3. The zero-order valence-electron chi connectivity index (χ0n) is 12.4. The zero-order chi connectivity index (χ0) is 14.8. The van der Waals surface area contributed by atoms with Gasteiger partial charge in [-0.1, -0.05) is 13.3 Å². The summed E-state index contributed by atoms with van der Waals surface area (Å²) in [4.78, 5) is 19.5. The van der Waals surface area contributed by atoms with Crippen LogP contribution in [-0.4, -0.2) is 42.8 Å². The van der Waals surface area contributed by atoms with Crippen molar-refractivity contribution in [2.75, 3.05) is 32.2 Å². The molecule has 1 aromatic rings. The van der Waals surface area contributed by atoms with Crippen LogP contribution in [0.2, 0.25) is 0 Å². The predicted molar refractivity (Wildman–Crippen MR) is 76.9 cm³/mol. The van der Waals surface area contributed by atoms with E-state index in [-0.39, 0.29) is 5.82 Å². The summed E-state index contributed by atoms with van der Waals surface area (Å²) in [6.45, 7) is 6.23. The standard InChI is InChI=1S/C14H23N3O3/c1-4-5-8-20-9-6-7-15-12-10-11(2)16-13(17-12)14(18)19-3/h10H,4-9H2,1-3H3,(H,15,16,17). The zero-order valence-corrected chi connectivity index (χ0v) is 12.4. The molecule has 6 heteroatoms. The first-order valence-corrected chi connectivity index (χ1v) is 6.93. The van der Waals surface area contributed by atoms with Crippen LogP contribution in [0.25, 0.3) is 0 Å². The number of nitrogens with zero attached hydrogens (tertiary/aromatic N) is 2. The molecule has 1 rings (SSSR count). The summed E-state index contributed by atoms with van der Waals surface area (Å²) in [6.07, 6.45) is 3.14. The maximum absolute atomic E-state index is 11.4. The molecule has 0 aromatic carbocycles. The van der Waals surface area contributed by atoms with Crippen molar-refractivity contribution in [3.05, 3.63) is 17.6 Å². The molecule has 0 bridgehead atoms. The first-order chi connectivity index (χ1) is 9.67. The van der Waals surface area contributed by atoms with Gasteiger partial charge in [0.05, 0.1) is 7.11 Å². The van der Waals surface area contributed by atoms with Gasteiger partial charge in [-0.2, -0.15) is 0 Å². The fraction of sp³-hybridized carbons (Fsp3) is 0.643. The Balaban J connectivity index is 2.36. The lowest BCUT2D eigenvalue weighted by molar-refractivity contribution is 0.0586. The predicted octanol–water partition coefficient (Wildman–Crippen LogP) is 2.19. The number of methoxy groups -OCH3 is 1. The van der Waals surface area contributed by atoms with Gasteiger partial charge in [0, 0.05) is 31.5 Å². The lowest BCUT2D eigenvalue weighted by Crippen LogP contribution is -2.12. The largest absolute Gasteiger partial charge is 0.463 e. The fourth-order valence-corrected chi connectivity index (χ4v) is 1.58. The average molecular weight is 281 g/mol. The highest BCUT2D eigenvalue weighted by Gasteiger charge is 2.11. The molecule has 0 fully saturated rings. The normalized spacial score (nSPS) is 10.3. The lowest BCUT2D eigenvalue weighted by Gasteiger charge is -2.08. The van der Waals surface area contributed by atoms with Gasteiger partial charge in [0.15, 0.2) is 0 Å². The van der Waals surface area contributed by atoms with Gasteiger partial charge in [0.2, 0.25) is 5.82 Å². The van der Waals surface area contributed by atoms with Gasteiger partial charge < -0.3 is 14.8 Å². The molecular formula is C14H23N3O3. The van der Waals surface area contributed by atoms with Crippen LogP contribution in [0.4, 0.5) is 5.82 Å². The van der Waals surface area contributed by atoms with E-state index in [0.29, 0.717) is 5.82 Å². The van der Waals surface area contributed by atoms with Crippen LogP contribution >= 0.6 is 0 Å². The first kappa shape index (κ1) is 16.4. The first-order valence-electron chi connectivity index (χ1n) is 6.93. The van der Waals surface area contributed by atoms with Crippen LogP contribution in [0.5, 0.6) is 0 Å². The summed E-state index contributed by atoms with van der Waals surface area (Å²) in [7, 11) is 1.31. The van der Waals surface area contributed by atoms with E-state index < -0.39 is 5.97 Å². The van der Waals surface area contributed by atoms with Gasteiger partial charge in [0.25, 0.3) is 0 Å². The van der Waals surface area contributed by atoms with Gasteiger partial charge in [0.1, 0.15) is 5.82 Å². The Hall–Kier alpha value is -1.69. The molecule has 0 saturated heterocycles. The summed E-state index contributed by atoms with van der Waals surface area (Å²) >= 11 is 0. The number of unbranched alkanes of at least 4 members (excludes halogenated alkanes) is 1. The summed E-state index contributed by atoms with van der Waals surface area (Å²) in [6, 6.07) is 1.80. The summed E-state index contributed by atoms with van der Waals surface area (Å²) in [5.41, 5.74) is 0.724. The molecule has 0 amide bonds. The minimum Gasteiger partial charge on any atom is -0.463 e. The third-order valence-electron chi connectivity index (χ3n) is 2.64. The third-order valence-corrected chi connectivity index (χ3v) is 2.64. The van der Waals surface area contributed by atoms with E-state index >= 15 is 0 Å². The number of rotatable bonds is 9. The Kier molecular flexibility index (Phi) is 7.57. The van der Waals surface area contributed by atoms with Crippen molar-refractivity contribution >= 4 is 11.8 Å². The molecule has 0 aliphatic carbocycles. The molecule has 112 valence electrons. The van der Waals surface area contributed by atoms with Crippen LogP contribution in [0.15, 0.2) is 6.07 Å². The molecule has 0 spiro atoms. The van der Waals surface area contributed by atoms with Crippen molar-refractivity contribution in [2.45, 2.75) is 33.1 Å². The topological polar surface area (TPSA) is 73.3 Å². The monoisotopic (exact) mass is 281 g/mol. The second kappa shape index (κ2) is 9.25.